The predicted octanol–water partition coefficient (Wildman–Crippen LogP) is 1.88. The number of amides is 1. The molecule has 7 heteroatoms. The number of benzene rings is 1. The van der Waals surface area contributed by atoms with Crippen molar-refractivity contribution in [2.75, 3.05) is 39.3 Å². The normalized spacial score (nSPS) is 21.3. The van der Waals surface area contributed by atoms with E-state index in [2.05, 4.69) is 4.90 Å². The van der Waals surface area contributed by atoms with Gasteiger partial charge in [0.2, 0.25) is 15.9 Å². The Hall–Kier alpha value is -1.44. The van der Waals surface area contributed by atoms with E-state index in [-0.39, 0.29) is 5.91 Å². The monoisotopic (exact) mass is 405 g/mol. The van der Waals surface area contributed by atoms with Gasteiger partial charge in [-0.05, 0) is 68.7 Å². The van der Waals surface area contributed by atoms with E-state index in [4.69, 9.17) is 0 Å². The number of piperazine rings is 1. The fourth-order valence-corrected chi connectivity index (χ4v) is 5.93. The minimum absolute atomic E-state index is 0.177. The van der Waals surface area contributed by atoms with E-state index in [1.807, 2.05) is 24.0 Å². The standard InChI is InChI=1S/C21H31N3O3S/c1-2-24(19-8-9-19)21(25)16-22-11-13-23(14-12-22)28(26,27)20-10-7-17-5-3-4-6-18(17)15-20/h7,10,15,19H,2-6,8-9,11-14,16H2,1H3. The van der Waals surface area contributed by atoms with Gasteiger partial charge >= 0.3 is 0 Å². The lowest BCUT2D eigenvalue weighted by molar-refractivity contribution is -0.133. The van der Waals surface area contributed by atoms with E-state index < -0.39 is 10.0 Å². The molecule has 0 unspecified atom stereocenters. The van der Waals surface area contributed by atoms with Crippen LogP contribution in [-0.2, 0) is 27.7 Å². The third-order valence-electron chi connectivity index (χ3n) is 6.30. The summed E-state index contributed by atoms with van der Waals surface area (Å²) in [6.45, 7) is 5.30. The van der Waals surface area contributed by atoms with Gasteiger partial charge in [-0.2, -0.15) is 4.31 Å². The van der Waals surface area contributed by atoms with Gasteiger partial charge in [-0.1, -0.05) is 6.07 Å². The van der Waals surface area contributed by atoms with Crippen LogP contribution in [0.2, 0.25) is 0 Å². The van der Waals surface area contributed by atoms with Gasteiger partial charge in [0.15, 0.2) is 0 Å². The molecule has 3 aliphatic rings. The molecule has 1 aliphatic heterocycles. The average molecular weight is 406 g/mol. The van der Waals surface area contributed by atoms with Crippen LogP contribution >= 0.6 is 0 Å². The lowest BCUT2D eigenvalue weighted by Crippen LogP contribution is -2.51. The number of hydrogen-bond acceptors (Lipinski definition) is 4. The number of sulfonamides is 1. The molecule has 1 aromatic rings. The molecule has 0 N–H and O–H groups in total. The summed E-state index contributed by atoms with van der Waals surface area (Å²) in [5.41, 5.74) is 2.49. The highest BCUT2D eigenvalue weighted by molar-refractivity contribution is 7.89. The maximum absolute atomic E-state index is 13.1. The quantitative estimate of drug-likeness (QED) is 0.725. The lowest BCUT2D eigenvalue weighted by Gasteiger charge is -2.34. The number of carbonyl (C=O) groups excluding carboxylic acids is 1. The molecule has 0 radical (unpaired) electrons. The minimum atomic E-state index is -3.46. The van der Waals surface area contributed by atoms with Crippen LogP contribution in [0.3, 0.4) is 0 Å². The zero-order valence-electron chi connectivity index (χ0n) is 16.8. The zero-order valence-corrected chi connectivity index (χ0v) is 17.6. The van der Waals surface area contributed by atoms with Crippen LogP contribution in [0.4, 0.5) is 0 Å². The van der Waals surface area contributed by atoms with Gasteiger partial charge in [-0.25, -0.2) is 8.42 Å². The van der Waals surface area contributed by atoms with Crippen molar-refractivity contribution in [2.45, 2.75) is 56.4 Å². The van der Waals surface area contributed by atoms with Crippen LogP contribution in [-0.4, -0.2) is 73.7 Å². The molecule has 28 heavy (non-hydrogen) atoms. The SMILES string of the molecule is CCN(C(=O)CN1CCN(S(=O)(=O)c2ccc3c(c2)CCCC3)CC1)C1CC1. The first kappa shape index (κ1) is 19.9. The average Bonchev–Trinajstić information content (AvgIpc) is 3.53. The van der Waals surface area contributed by atoms with E-state index >= 15 is 0 Å². The van der Waals surface area contributed by atoms with Crippen LogP contribution < -0.4 is 0 Å². The molecule has 0 spiro atoms. The molecule has 1 aromatic carbocycles. The molecule has 6 nitrogen and oxygen atoms in total. The third kappa shape index (κ3) is 4.11. The van der Waals surface area contributed by atoms with Gasteiger partial charge < -0.3 is 4.90 Å². The Bertz CT molecular complexity index is 827. The first-order valence-corrected chi connectivity index (χ1v) is 12.1. The summed E-state index contributed by atoms with van der Waals surface area (Å²) >= 11 is 0. The van der Waals surface area contributed by atoms with Crippen LogP contribution in [0.15, 0.2) is 23.1 Å². The molecule has 0 bridgehead atoms. The molecule has 1 saturated heterocycles. The van der Waals surface area contributed by atoms with Gasteiger partial charge in [0.05, 0.1) is 11.4 Å². The van der Waals surface area contributed by atoms with Crippen molar-refractivity contribution in [1.82, 2.24) is 14.1 Å². The largest absolute Gasteiger partial charge is 0.339 e. The molecule has 154 valence electrons. The molecule has 1 amide bonds. The molecule has 2 aliphatic carbocycles. The second-order valence-corrected chi connectivity index (χ2v) is 10.2. The molecule has 2 fully saturated rings. The summed E-state index contributed by atoms with van der Waals surface area (Å²) < 4.78 is 27.8. The van der Waals surface area contributed by atoms with E-state index in [0.717, 1.165) is 38.6 Å². The molecule has 1 saturated carbocycles. The molecule has 4 rings (SSSR count). The van der Waals surface area contributed by atoms with Crippen LogP contribution in [0.1, 0.15) is 43.7 Å². The van der Waals surface area contributed by atoms with Gasteiger partial charge in [-0.15, -0.1) is 0 Å². The number of aryl methyl sites for hydroxylation is 2. The lowest BCUT2D eigenvalue weighted by atomic mass is 9.92. The van der Waals surface area contributed by atoms with Gasteiger partial charge in [0.1, 0.15) is 0 Å². The van der Waals surface area contributed by atoms with E-state index in [0.29, 0.717) is 43.7 Å². The Morgan fingerprint density at radius 1 is 1.07 bits per heavy atom. The van der Waals surface area contributed by atoms with Crippen molar-refractivity contribution < 1.29 is 13.2 Å². The van der Waals surface area contributed by atoms with E-state index in [1.165, 1.54) is 17.5 Å². The van der Waals surface area contributed by atoms with Crippen molar-refractivity contribution >= 4 is 15.9 Å². The molecular weight excluding hydrogens is 374 g/mol. The van der Waals surface area contributed by atoms with Gasteiger partial charge in [0.25, 0.3) is 0 Å². The van der Waals surface area contributed by atoms with Crippen molar-refractivity contribution in [3.8, 4) is 0 Å². The summed E-state index contributed by atoms with van der Waals surface area (Å²) in [4.78, 5) is 17.0. The van der Waals surface area contributed by atoms with Gasteiger partial charge in [-0.3, -0.25) is 9.69 Å². The predicted molar refractivity (Wildman–Crippen MR) is 109 cm³/mol. The smallest absolute Gasteiger partial charge is 0.243 e. The maximum Gasteiger partial charge on any atom is 0.243 e. The molecular formula is C21H31N3O3S. The Morgan fingerprint density at radius 3 is 2.39 bits per heavy atom. The number of hydrogen-bond donors (Lipinski definition) is 0. The summed E-state index contributed by atoms with van der Waals surface area (Å²) in [5.74, 6) is 0.177. The van der Waals surface area contributed by atoms with Crippen LogP contribution in [0, 0.1) is 0 Å². The van der Waals surface area contributed by atoms with E-state index in [9.17, 15) is 13.2 Å². The molecule has 0 atom stereocenters. The summed E-state index contributed by atoms with van der Waals surface area (Å²) in [6.07, 6.45) is 6.59. The second-order valence-electron chi connectivity index (χ2n) is 8.23. The number of likely N-dealkylation sites (N-methyl/N-ethyl adjacent to an activating group) is 1. The van der Waals surface area contributed by atoms with E-state index in [1.54, 1.807) is 10.4 Å². The number of nitrogens with zero attached hydrogens (tertiary/aromatic N) is 3. The zero-order chi connectivity index (χ0) is 19.7. The van der Waals surface area contributed by atoms with Crippen LogP contribution in [0.5, 0.6) is 0 Å². The van der Waals surface area contributed by atoms with Crippen molar-refractivity contribution in [1.29, 1.82) is 0 Å². The van der Waals surface area contributed by atoms with Crippen LogP contribution in [0.25, 0.3) is 0 Å². The molecule has 1 heterocycles. The third-order valence-corrected chi connectivity index (χ3v) is 8.19. The summed E-state index contributed by atoms with van der Waals surface area (Å²) in [7, 11) is -3.46. The highest BCUT2D eigenvalue weighted by Crippen LogP contribution is 2.28. The number of rotatable bonds is 6. The Labute approximate surface area is 168 Å². The fourth-order valence-electron chi connectivity index (χ4n) is 4.45. The topological polar surface area (TPSA) is 60.9 Å². The van der Waals surface area contributed by atoms with Crippen molar-refractivity contribution in [2.24, 2.45) is 0 Å². The molecule has 0 aromatic heterocycles. The maximum atomic E-state index is 13.1. The highest BCUT2D eigenvalue weighted by atomic mass is 32.2. The summed E-state index contributed by atoms with van der Waals surface area (Å²) in [5, 5.41) is 0. The van der Waals surface area contributed by atoms with Gasteiger partial charge in [0, 0.05) is 38.8 Å². The minimum Gasteiger partial charge on any atom is -0.339 e. The van der Waals surface area contributed by atoms with Crippen molar-refractivity contribution in [3.05, 3.63) is 29.3 Å². The summed E-state index contributed by atoms with van der Waals surface area (Å²) in [6, 6.07) is 6.08. The first-order chi connectivity index (χ1) is 13.5. The Morgan fingerprint density at radius 2 is 1.75 bits per heavy atom. The highest BCUT2D eigenvalue weighted by Gasteiger charge is 2.34. The number of fused-ring (bicyclic) bond motifs is 1. The van der Waals surface area contributed by atoms with Crippen molar-refractivity contribution in [3.63, 3.8) is 0 Å². The Balaban J connectivity index is 1.37. The first-order valence-electron chi connectivity index (χ1n) is 10.6. The fraction of sp³-hybridized carbons (Fsp3) is 0.667. The second kappa shape index (κ2) is 8.13. The number of carbonyl (C=O) groups is 1. The Kier molecular flexibility index (Phi) is 5.76.